The molecule has 4 heterocycles. The Balaban J connectivity index is 0.995. The van der Waals surface area contributed by atoms with Crippen molar-refractivity contribution in [3.8, 4) is 50.9 Å². The van der Waals surface area contributed by atoms with E-state index in [0.717, 1.165) is 61.8 Å². The highest BCUT2D eigenvalue weighted by Gasteiger charge is 2.41. The Hall–Kier alpha value is -6.98. The molecule has 10 aromatic rings. The van der Waals surface area contributed by atoms with Gasteiger partial charge in [0, 0.05) is 49.4 Å². The zero-order valence-electron chi connectivity index (χ0n) is 28.5. The summed E-state index contributed by atoms with van der Waals surface area (Å²) < 4.78 is 18.4. The predicted octanol–water partition coefficient (Wildman–Crippen LogP) is 10.8. The number of nitrogens with zero attached hydrogens (tertiary/aromatic N) is 2. The molecule has 4 nitrogen and oxygen atoms in total. The molecule has 8 aromatic carbocycles. The van der Waals surface area contributed by atoms with Gasteiger partial charge in [-0.3, -0.25) is 0 Å². The number of hydrogen-bond donors (Lipinski definition) is 0. The lowest BCUT2D eigenvalue weighted by Gasteiger charge is -2.33. The van der Waals surface area contributed by atoms with E-state index in [1.165, 1.54) is 43.6 Å². The molecule has 0 radical (unpaired) electrons. The van der Waals surface area contributed by atoms with Gasteiger partial charge in [-0.15, -0.1) is 0 Å². The second kappa shape index (κ2) is 10.8. The van der Waals surface area contributed by atoms with Gasteiger partial charge >= 0.3 is 6.92 Å². The molecule has 246 valence electrons. The second-order valence-corrected chi connectivity index (χ2v) is 14.0. The molecule has 0 saturated heterocycles. The lowest BCUT2D eigenvalue weighted by Crippen LogP contribution is -2.53. The van der Waals surface area contributed by atoms with Crippen molar-refractivity contribution in [3.63, 3.8) is 0 Å². The zero-order chi connectivity index (χ0) is 34.6. The van der Waals surface area contributed by atoms with Crippen molar-refractivity contribution in [1.82, 2.24) is 9.13 Å². The molecular formula is C48H29BN2O2. The molecule has 53 heavy (non-hydrogen) atoms. The van der Waals surface area contributed by atoms with Crippen LogP contribution >= 0.6 is 0 Å². The Labute approximate surface area is 305 Å². The summed E-state index contributed by atoms with van der Waals surface area (Å²) in [5, 5.41) is 5.00. The minimum atomic E-state index is -0.307. The number of fused-ring (bicyclic) bond motifs is 10. The number of aromatic nitrogens is 2. The fourth-order valence-corrected chi connectivity index (χ4v) is 8.86. The van der Waals surface area contributed by atoms with E-state index in [1.807, 2.05) is 0 Å². The zero-order valence-corrected chi connectivity index (χ0v) is 28.5. The Morgan fingerprint density at radius 1 is 0.377 bits per heavy atom. The maximum atomic E-state index is 6.89. The Bertz CT molecular complexity index is 3030. The standard InChI is InChI=1S/C48H29BN2O2/c1-6-16-41-34(11-1)35-12-2-7-17-42(35)50(41)32-23-21-30(22-24-32)31-27-39-38-15-5-10-20-45(38)53-49-40-29-33(25-26-46(40)52-47(28-31)48(39)49)51-43-18-8-3-13-36(43)37-14-4-9-19-44(37)51/h1-29H. The van der Waals surface area contributed by atoms with Gasteiger partial charge in [0.25, 0.3) is 0 Å². The topological polar surface area (TPSA) is 28.3 Å². The summed E-state index contributed by atoms with van der Waals surface area (Å²) in [7, 11) is 0. The summed E-state index contributed by atoms with van der Waals surface area (Å²) in [6.45, 7) is -0.307. The van der Waals surface area contributed by atoms with E-state index in [1.54, 1.807) is 0 Å². The summed E-state index contributed by atoms with van der Waals surface area (Å²) in [5.41, 5.74) is 13.5. The molecule has 12 rings (SSSR count). The van der Waals surface area contributed by atoms with Crippen molar-refractivity contribution in [2.75, 3.05) is 0 Å². The predicted molar refractivity (Wildman–Crippen MR) is 218 cm³/mol. The highest BCUT2D eigenvalue weighted by Crippen LogP contribution is 2.42. The normalized spacial score (nSPS) is 12.8. The first kappa shape index (κ1) is 28.7. The quantitative estimate of drug-likeness (QED) is 0.174. The van der Waals surface area contributed by atoms with E-state index in [4.69, 9.17) is 9.39 Å². The van der Waals surface area contributed by atoms with Gasteiger partial charge in [0.15, 0.2) is 0 Å². The summed E-state index contributed by atoms with van der Waals surface area (Å²) in [6.07, 6.45) is 0. The van der Waals surface area contributed by atoms with Crippen molar-refractivity contribution < 1.29 is 9.39 Å². The van der Waals surface area contributed by atoms with Crippen LogP contribution in [0.4, 0.5) is 0 Å². The number of hydrogen-bond acceptors (Lipinski definition) is 2. The number of rotatable bonds is 3. The summed E-state index contributed by atoms with van der Waals surface area (Å²) >= 11 is 0. The molecule has 0 atom stereocenters. The van der Waals surface area contributed by atoms with Gasteiger partial charge in [-0.1, -0.05) is 103 Å². The van der Waals surface area contributed by atoms with Crippen LogP contribution in [0.15, 0.2) is 176 Å². The van der Waals surface area contributed by atoms with Gasteiger partial charge in [-0.25, -0.2) is 0 Å². The first-order valence-corrected chi connectivity index (χ1v) is 18.1. The Kier molecular flexibility index (Phi) is 5.83. The van der Waals surface area contributed by atoms with Gasteiger partial charge in [0.05, 0.1) is 22.1 Å². The van der Waals surface area contributed by atoms with E-state index in [9.17, 15) is 0 Å². The Morgan fingerprint density at radius 3 is 1.53 bits per heavy atom. The van der Waals surface area contributed by atoms with Crippen molar-refractivity contribution in [2.45, 2.75) is 0 Å². The van der Waals surface area contributed by atoms with E-state index >= 15 is 0 Å². The lowest BCUT2D eigenvalue weighted by molar-refractivity contribution is 0.479. The molecule has 5 heteroatoms. The van der Waals surface area contributed by atoms with Crippen molar-refractivity contribution in [3.05, 3.63) is 176 Å². The van der Waals surface area contributed by atoms with Crippen LogP contribution in [0.25, 0.3) is 77.2 Å². The van der Waals surface area contributed by atoms with Gasteiger partial charge in [0.2, 0.25) is 0 Å². The minimum absolute atomic E-state index is 0.307. The molecule has 0 spiro atoms. The highest BCUT2D eigenvalue weighted by atomic mass is 16.5. The van der Waals surface area contributed by atoms with E-state index < -0.39 is 0 Å². The first-order chi connectivity index (χ1) is 26.3. The van der Waals surface area contributed by atoms with Crippen LogP contribution in [0.1, 0.15) is 0 Å². The largest absolute Gasteiger partial charge is 0.551 e. The molecule has 0 N–H and O–H groups in total. The van der Waals surface area contributed by atoms with Gasteiger partial charge in [-0.2, -0.15) is 0 Å². The molecule has 0 aliphatic carbocycles. The molecule has 0 amide bonds. The smallest absolute Gasteiger partial charge is 0.434 e. The molecule has 0 bridgehead atoms. The summed E-state index contributed by atoms with van der Waals surface area (Å²) in [5.74, 6) is 2.53. The lowest BCUT2D eigenvalue weighted by atomic mass is 9.50. The van der Waals surface area contributed by atoms with E-state index in [2.05, 4.69) is 185 Å². The van der Waals surface area contributed by atoms with Gasteiger partial charge in [-0.05, 0) is 89.5 Å². The van der Waals surface area contributed by atoms with E-state index in [-0.39, 0.29) is 6.92 Å². The van der Waals surface area contributed by atoms with Crippen molar-refractivity contribution >= 4 is 61.5 Å². The first-order valence-electron chi connectivity index (χ1n) is 18.1. The molecule has 2 aromatic heterocycles. The molecule has 2 aliphatic rings. The third-order valence-corrected chi connectivity index (χ3v) is 11.2. The summed E-state index contributed by atoms with van der Waals surface area (Å²) in [4.78, 5) is 0. The van der Waals surface area contributed by atoms with Crippen LogP contribution in [0.3, 0.4) is 0 Å². The fourth-order valence-electron chi connectivity index (χ4n) is 8.86. The van der Waals surface area contributed by atoms with Crippen LogP contribution < -0.4 is 20.3 Å². The third-order valence-electron chi connectivity index (χ3n) is 11.2. The maximum absolute atomic E-state index is 6.89. The fraction of sp³-hybridized carbons (Fsp3) is 0. The molecule has 0 saturated carbocycles. The number of ether oxygens (including phenoxy) is 1. The van der Waals surface area contributed by atoms with Crippen LogP contribution in [-0.4, -0.2) is 16.0 Å². The van der Waals surface area contributed by atoms with Crippen molar-refractivity contribution in [1.29, 1.82) is 0 Å². The van der Waals surface area contributed by atoms with Gasteiger partial charge in [0.1, 0.15) is 17.2 Å². The van der Waals surface area contributed by atoms with Gasteiger partial charge < -0.3 is 18.5 Å². The Morgan fingerprint density at radius 2 is 0.906 bits per heavy atom. The molecule has 0 fully saturated rings. The van der Waals surface area contributed by atoms with E-state index in [0.29, 0.717) is 0 Å². The maximum Gasteiger partial charge on any atom is 0.434 e. The third kappa shape index (κ3) is 4.07. The second-order valence-electron chi connectivity index (χ2n) is 14.0. The minimum Gasteiger partial charge on any atom is -0.551 e. The van der Waals surface area contributed by atoms with Crippen molar-refractivity contribution in [2.24, 2.45) is 0 Å². The van der Waals surface area contributed by atoms with Crippen LogP contribution in [0.5, 0.6) is 17.2 Å². The molecule has 0 unspecified atom stereocenters. The number of benzene rings is 8. The van der Waals surface area contributed by atoms with Crippen LogP contribution in [-0.2, 0) is 0 Å². The van der Waals surface area contributed by atoms with Crippen LogP contribution in [0, 0.1) is 0 Å². The highest BCUT2D eigenvalue weighted by molar-refractivity contribution is 6.84. The average molecular weight is 677 g/mol. The molecular weight excluding hydrogens is 647 g/mol. The number of para-hydroxylation sites is 5. The average Bonchev–Trinajstić information content (AvgIpc) is 3.74. The SMILES string of the molecule is c1ccc2c(c1)OB1c3cc(-n4c5ccccc5c5ccccc54)ccc3Oc3cc(-c4ccc(-n5c6ccccc6c6ccccc65)cc4)cc-2c31. The monoisotopic (exact) mass is 676 g/mol. The summed E-state index contributed by atoms with van der Waals surface area (Å²) in [6, 6.07) is 62.8. The van der Waals surface area contributed by atoms with Crippen LogP contribution in [0.2, 0.25) is 0 Å². The molecule has 2 aliphatic heterocycles.